The summed E-state index contributed by atoms with van der Waals surface area (Å²) in [5.74, 6) is 0. The van der Waals surface area contributed by atoms with E-state index in [0.717, 1.165) is 12.8 Å². The Kier molecular flexibility index (Phi) is 3.32. The molecule has 1 fully saturated rings. The number of hydrogen-bond donors (Lipinski definition) is 1. The molecule has 1 aromatic heterocycles. The molecule has 18 heavy (non-hydrogen) atoms. The van der Waals surface area contributed by atoms with Crippen LogP contribution in [0.3, 0.4) is 0 Å². The predicted octanol–water partition coefficient (Wildman–Crippen LogP) is 3.25. The van der Waals surface area contributed by atoms with Crippen molar-refractivity contribution < 1.29 is 0 Å². The average Bonchev–Trinajstić information content (AvgIpc) is 2.92. The minimum Gasteiger partial charge on any atom is -0.342 e. The van der Waals surface area contributed by atoms with Crippen molar-refractivity contribution in [3.63, 3.8) is 0 Å². The van der Waals surface area contributed by atoms with Gasteiger partial charge in [0.2, 0.25) is 0 Å². The van der Waals surface area contributed by atoms with Gasteiger partial charge in [0.25, 0.3) is 0 Å². The zero-order valence-electron chi connectivity index (χ0n) is 11.4. The third-order valence-corrected chi connectivity index (χ3v) is 5.70. The van der Waals surface area contributed by atoms with Crippen LogP contribution in [0.15, 0.2) is 0 Å². The van der Waals surface area contributed by atoms with Crippen molar-refractivity contribution in [2.45, 2.75) is 70.5 Å². The normalized spacial score (nSPS) is 31.7. The van der Waals surface area contributed by atoms with Gasteiger partial charge in [-0.15, -0.1) is 0 Å². The standard InChI is InChI=1S/C14H23N3S/c1-3-10-8-7-9(2)17(10)14-16-12-6-4-5-11(15)13(12)18-14/h9-11H,3-8,15H2,1-2H3. The van der Waals surface area contributed by atoms with Crippen LogP contribution >= 0.6 is 11.3 Å². The molecule has 0 spiro atoms. The molecule has 1 aliphatic heterocycles. The second-order valence-electron chi connectivity index (χ2n) is 5.70. The van der Waals surface area contributed by atoms with E-state index in [2.05, 4.69) is 18.7 Å². The van der Waals surface area contributed by atoms with E-state index in [0.29, 0.717) is 12.1 Å². The first-order chi connectivity index (χ1) is 8.70. The SMILES string of the molecule is CCC1CCC(C)N1c1nc2c(s1)C(N)CCC2. The van der Waals surface area contributed by atoms with Gasteiger partial charge in [0, 0.05) is 23.0 Å². The highest BCUT2D eigenvalue weighted by Crippen LogP contribution is 2.40. The van der Waals surface area contributed by atoms with Gasteiger partial charge in [-0.05, 0) is 45.4 Å². The predicted molar refractivity (Wildman–Crippen MR) is 77.2 cm³/mol. The number of aromatic nitrogens is 1. The van der Waals surface area contributed by atoms with E-state index in [1.54, 1.807) is 0 Å². The highest BCUT2D eigenvalue weighted by atomic mass is 32.1. The third kappa shape index (κ3) is 1.95. The van der Waals surface area contributed by atoms with Crippen LogP contribution in [0, 0.1) is 0 Å². The van der Waals surface area contributed by atoms with Crippen LogP contribution in [0.1, 0.15) is 62.6 Å². The van der Waals surface area contributed by atoms with Crippen LogP contribution in [-0.4, -0.2) is 17.1 Å². The van der Waals surface area contributed by atoms with E-state index in [9.17, 15) is 0 Å². The number of rotatable bonds is 2. The van der Waals surface area contributed by atoms with Crippen LogP contribution < -0.4 is 10.6 Å². The number of aryl methyl sites for hydroxylation is 1. The van der Waals surface area contributed by atoms with E-state index in [-0.39, 0.29) is 6.04 Å². The first-order valence-electron chi connectivity index (χ1n) is 7.24. The highest BCUT2D eigenvalue weighted by molar-refractivity contribution is 7.15. The highest BCUT2D eigenvalue weighted by Gasteiger charge is 2.33. The molecule has 3 atom stereocenters. The Morgan fingerprint density at radius 2 is 2.22 bits per heavy atom. The Morgan fingerprint density at radius 3 is 2.94 bits per heavy atom. The molecule has 1 aromatic rings. The molecule has 2 N–H and O–H groups in total. The van der Waals surface area contributed by atoms with Crippen molar-refractivity contribution in [1.82, 2.24) is 4.98 Å². The van der Waals surface area contributed by atoms with E-state index in [1.165, 1.54) is 41.4 Å². The summed E-state index contributed by atoms with van der Waals surface area (Å²) < 4.78 is 0. The van der Waals surface area contributed by atoms with Crippen LogP contribution in [0.25, 0.3) is 0 Å². The lowest BCUT2D eigenvalue weighted by Crippen LogP contribution is -2.33. The van der Waals surface area contributed by atoms with E-state index in [1.807, 2.05) is 11.3 Å². The lowest BCUT2D eigenvalue weighted by molar-refractivity contribution is 0.572. The molecule has 3 rings (SSSR count). The van der Waals surface area contributed by atoms with E-state index in [4.69, 9.17) is 10.7 Å². The van der Waals surface area contributed by atoms with Gasteiger partial charge in [-0.1, -0.05) is 18.3 Å². The molecular weight excluding hydrogens is 242 g/mol. The number of thiazole rings is 1. The van der Waals surface area contributed by atoms with Crippen LogP contribution in [0.5, 0.6) is 0 Å². The fraction of sp³-hybridized carbons (Fsp3) is 0.786. The van der Waals surface area contributed by atoms with Gasteiger partial charge < -0.3 is 10.6 Å². The van der Waals surface area contributed by atoms with Gasteiger partial charge in [0.1, 0.15) is 0 Å². The molecule has 0 bridgehead atoms. The topological polar surface area (TPSA) is 42.2 Å². The van der Waals surface area contributed by atoms with Crippen LogP contribution in [-0.2, 0) is 6.42 Å². The molecular formula is C14H23N3S. The fourth-order valence-corrected chi connectivity index (χ4v) is 4.69. The second kappa shape index (κ2) is 4.82. The van der Waals surface area contributed by atoms with Crippen molar-refractivity contribution in [2.24, 2.45) is 5.73 Å². The molecule has 0 aromatic carbocycles. The minimum absolute atomic E-state index is 0.234. The van der Waals surface area contributed by atoms with Crippen molar-refractivity contribution >= 4 is 16.5 Å². The van der Waals surface area contributed by atoms with Crippen molar-refractivity contribution in [3.8, 4) is 0 Å². The van der Waals surface area contributed by atoms with Crippen molar-refractivity contribution in [3.05, 3.63) is 10.6 Å². The number of nitrogens with zero attached hydrogens (tertiary/aromatic N) is 2. The van der Waals surface area contributed by atoms with Gasteiger partial charge in [0.05, 0.1) is 5.69 Å². The summed E-state index contributed by atoms with van der Waals surface area (Å²) in [6, 6.07) is 1.56. The summed E-state index contributed by atoms with van der Waals surface area (Å²) >= 11 is 1.85. The number of anilines is 1. The zero-order chi connectivity index (χ0) is 12.7. The molecule has 2 aliphatic rings. The molecule has 0 saturated carbocycles. The Balaban J connectivity index is 1.92. The molecule has 3 unspecified atom stereocenters. The van der Waals surface area contributed by atoms with Crippen molar-refractivity contribution in [1.29, 1.82) is 0 Å². The summed E-state index contributed by atoms with van der Waals surface area (Å²) in [5.41, 5.74) is 7.49. The van der Waals surface area contributed by atoms with E-state index < -0.39 is 0 Å². The largest absolute Gasteiger partial charge is 0.342 e. The molecule has 2 heterocycles. The first-order valence-corrected chi connectivity index (χ1v) is 8.05. The van der Waals surface area contributed by atoms with E-state index >= 15 is 0 Å². The van der Waals surface area contributed by atoms with Gasteiger partial charge in [-0.25, -0.2) is 4.98 Å². The molecule has 1 saturated heterocycles. The third-order valence-electron chi connectivity index (χ3n) is 4.46. The second-order valence-corrected chi connectivity index (χ2v) is 6.71. The van der Waals surface area contributed by atoms with Crippen molar-refractivity contribution in [2.75, 3.05) is 4.90 Å². The van der Waals surface area contributed by atoms with Gasteiger partial charge >= 0.3 is 0 Å². The Hall–Kier alpha value is -0.610. The molecule has 0 radical (unpaired) electrons. The fourth-order valence-electron chi connectivity index (χ4n) is 3.37. The quantitative estimate of drug-likeness (QED) is 0.892. The number of nitrogens with two attached hydrogens (primary N) is 1. The number of hydrogen-bond acceptors (Lipinski definition) is 4. The lowest BCUT2D eigenvalue weighted by Gasteiger charge is -2.27. The summed E-state index contributed by atoms with van der Waals surface area (Å²) in [7, 11) is 0. The van der Waals surface area contributed by atoms with Gasteiger partial charge in [-0.2, -0.15) is 0 Å². The Bertz CT molecular complexity index is 429. The molecule has 0 amide bonds. The molecule has 3 nitrogen and oxygen atoms in total. The average molecular weight is 265 g/mol. The summed E-state index contributed by atoms with van der Waals surface area (Å²) in [5, 5.41) is 1.23. The summed E-state index contributed by atoms with van der Waals surface area (Å²) in [4.78, 5) is 8.80. The maximum absolute atomic E-state index is 6.21. The Labute approximate surface area is 113 Å². The molecule has 4 heteroatoms. The number of fused-ring (bicyclic) bond motifs is 1. The zero-order valence-corrected chi connectivity index (χ0v) is 12.2. The van der Waals surface area contributed by atoms with Crippen LogP contribution in [0.4, 0.5) is 5.13 Å². The minimum atomic E-state index is 0.234. The Morgan fingerprint density at radius 1 is 1.39 bits per heavy atom. The molecule has 100 valence electrons. The smallest absolute Gasteiger partial charge is 0.186 e. The lowest BCUT2D eigenvalue weighted by atomic mass is 9.99. The molecule has 1 aliphatic carbocycles. The maximum atomic E-state index is 6.21. The van der Waals surface area contributed by atoms with Gasteiger partial charge in [0.15, 0.2) is 5.13 Å². The first kappa shape index (κ1) is 12.4. The van der Waals surface area contributed by atoms with Crippen LogP contribution in [0.2, 0.25) is 0 Å². The maximum Gasteiger partial charge on any atom is 0.186 e. The summed E-state index contributed by atoms with van der Waals surface area (Å²) in [6.45, 7) is 4.62. The summed E-state index contributed by atoms with van der Waals surface area (Å²) in [6.07, 6.45) is 7.29. The monoisotopic (exact) mass is 265 g/mol. The van der Waals surface area contributed by atoms with Gasteiger partial charge in [-0.3, -0.25) is 0 Å².